The third-order valence-corrected chi connectivity index (χ3v) is 2.96. The summed E-state index contributed by atoms with van der Waals surface area (Å²) >= 11 is 0. The molecule has 0 unspecified atom stereocenters. The van der Waals surface area contributed by atoms with E-state index < -0.39 is 17.5 Å². The molecule has 0 radical (unpaired) electrons. The first-order valence-electron chi connectivity index (χ1n) is 6.61. The van der Waals surface area contributed by atoms with Crippen molar-refractivity contribution in [3.63, 3.8) is 0 Å². The summed E-state index contributed by atoms with van der Waals surface area (Å²) in [7, 11) is 0. The Hall–Kier alpha value is -2.89. The van der Waals surface area contributed by atoms with E-state index in [0.29, 0.717) is 5.75 Å². The lowest BCUT2D eigenvalue weighted by Gasteiger charge is -2.09. The summed E-state index contributed by atoms with van der Waals surface area (Å²) in [6, 6.07) is 11.3. The molecule has 2 aromatic carbocycles. The molecule has 0 aliphatic heterocycles. The molecule has 0 saturated carbocycles. The Morgan fingerprint density at radius 3 is 2.55 bits per heavy atom. The third-order valence-electron chi connectivity index (χ3n) is 2.96. The second-order valence-corrected chi connectivity index (χ2v) is 4.76. The van der Waals surface area contributed by atoms with Gasteiger partial charge in [0, 0.05) is 6.07 Å². The molecule has 0 aliphatic rings. The van der Waals surface area contributed by atoms with Crippen LogP contribution in [-0.2, 0) is 4.79 Å². The van der Waals surface area contributed by atoms with Gasteiger partial charge in [0.05, 0.1) is 4.92 Å². The molecule has 0 N–H and O–H groups in total. The van der Waals surface area contributed by atoms with Crippen molar-refractivity contribution < 1.29 is 19.2 Å². The number of aryl methyl sites for hydroxylation is 2. The molecule has 2 aromatic rings. The Bertz CT molecular complexity index is 711. The average molecular weight is 301 g/mol. The van der Waals surface area contributed by atoms with Crippen molar-refractivity contribution in [2.24, 2.45) is 0 Å². The summed E-state index contributed by atoms with van der Waals surface area (Å²) in [5.41, 5.74) is 1.70. The van der Waals surface area contributed by atoms with Crippen molar-refractivity contribution >= 4 is 11.7 Å². The number of benzene rings is 2. The summed E-state index contributed by atoms with van der Waals surface area (Å²) in [5.74, 6) is -0.142. The fourth-order valence-corrected chi connectivity index (χ4v) is 1.93. The molecule has 0 fully saturated rings. The third kappa shape index (κ3) is 3.82. The van der Waals surface area contributed by atoms with E-state index in [1.165, 1.54) is 18.2 Å². The van der Waals surface area contributed by atoms with Gasteiger partial charge < -0.3 is 9.47 Å². The Morgan fingerprint density at radius 1 is 1.14 bits per heavy atom. The van der Waals surface area contributed by atoms with Gasteiger partial charge in [0.25, 0.3) is 0 Å². The van der Waals surface area contributed by atoms with Crippen molar-refractivity contribution in [2.45, 2.75) is 13.8 Å². The topological polar surface area (TPSA) is 78.7 Å². The molecule has 0 spiro atoms. The number of para-hydroxylation sites is 2. The van der Waals surface area contributed by atoms with Crippen LogP contribution in [-0.4, -0.2) is 17.5 Å². The van der Waals surface area contributed by atoms with Crippen LogP contribution in [0.4, 0.5) is 5.69 Å². The summed E-state index contributed by atoms with van der Waals surface area (Å²) in [5, 5.41) is 10.8. The van der Waals surface area contributed by atoms with E-state index in [2.05, 4.69) is 0 Å². The molecule has 2 rings (SSSR count). The molecule has 0 atom stereocenters. The summed E-state index contributed by atoms with van der Waals surface area (Å²) in [6.07, 6.45) is 0. The van der Waals surface area contributed by atoms with Crippen molar-refractivity contribution in [1.82, 2.24) is 0 Å². The number of nitrogens with zero attached hydrogens (tertiary/aromatic N) is 1. The van der Waals surface area contributed by atoms with Gasteiger partial charge in [0.2, 0.25) is 0 Å². The van der Waals surface area contributed by atoms with Crippen LogP contribution in [0.2, 0.25) is 0 Å². The maximum absolute atomic E-state index is 11.8. The number of rotatable bonds is 5. The number of hydrogen-bond donors (Lipinski definition) is 0. The minimum Gasteiger partial charge on any atom is -0.475 e. The predicted molar refractivity (Wildman–Crippen MR) is 80.1 cm³/mol. The summed E-state index contributed by atoms with van der Waals surface area (Å²) in [4.78, 5) is 22.1. The normalized spacial score (nSPS) is 10.1. The van der Waals surface area contributed by atoms with Crippen LogP contribution in [0.25, 0.3) is 0 Å². The van der Waals surface area contributed by atoms with Crippen LogP contribution in [0.5, 0.6) is 11.5 Å². The molecule has 6 heteroatoms. The molecule has 0 amide bonds. The minimum atomic E-state index is -0.620. The van der Waals surface area contributed by atoms with Gasteiger partial charge in [-0.1, -0.05) is 29.8 Å². The number of carbonyl (C=O) groups excluding carboxylic acids is 1. The highest BCUT2D eigenvalue weighted by molar-refractivity contribution is 5.74. The lowest BCUT2D eigenvalue weighted by molar-refractivity contribution is -0.385. The Balaban J connectivity index is 2.00. The quantitative estimate of drug-likeness (QED) is 0.367. The van der Waals surface area contributed by atoms with E-state index in [4.69, 9.17) is 9.47 Å². The molecule has 6 nitrogen and oxygen atoms in total. The first-order chi connectivity index (χ1) is 10.5. The monoisotopic (exact) mass is 301 g/mol. The molecular weight excluding hydrogens is 286 g/mol. The summed E-state index contributed by atoms with van der Waals surface area (Å²) in [6.45, 7) is 3.37. The van der Waals surface area contributed by atoms with Gasteiger partial charge in [-0.05, 0) is 31.5 Å². The van der Waals surface area contributed by atoms with E-state index in [9.17, 15) is 14.9 Å². The van der Waals surface area contributed by atoms with Crippen LogP contribution >= 0.6 is 0 Å². The number of ether oxygens (including phenoxy) is 2. The fraction of sp³-hybridized carbons (Fsp3) is 0.188. The van der Waals surface area contributed by atoms with Crippen molar-refractivity contribution in [1.29, 1.82) is 0 Å². The molecule has 0 aliphatic carbocycles. The molecule has 0 aromatic heterocycles. The number of hydrogen-bond acceptors (Lipinski definition) is 5. The fourth-order valence-electron chi connectivity index (χ4n) is 1.93. The minimum absolute atomic E-state index is 0.0325. The molecule has 22 heavy (non-hydrogen) atoms. The first-order valence-corrected chi connectivity index (χ1v) is 6.61. The van der Waals surface area contributed by atoms with Crippen LogP contribution < -0.4 is 9.47 Å². The SMILES string of the molecule is Cc1ccc(OC(=O)COc2ccccc2[N+](=O)[O-])c(C)c1. The van der Waals surface area contributed by atoms with Gasteiger partial charge in [0.15, 0.2) is 12.4 Å². The van der Waals surface area contributed by atoms with E-state index in [1.54, 1.807) is 12.1 Å². The van der Waals surface area contributed by atoms with Crippen molar-refractivity contribution in [2.75, 3.05) is 6.61 Å². The highest BCUT2D eigenvalue weighted by atomic mass is 16.6. The zero-order valence-corrected chi connectivity index (χ0v) is 12.2. The predicted octanol–water partition coefficient (Wildman–Crippen LogP) is 3.20. The van der Waals surface area contributed by atoms with Crippen molar-refractivity contribution in [3.8, 4) is 11.5 Å². The summed E-state index contributed by atoms with van der Waals surface area (Å²) < 4.78 is 10.4. The number of carbonyl (C=O) groups is 1. The zero-order valence-electron chi connectivity index (χ0n) is 12.2. The molecular formula is C16H15NO5. The average Bonchev–Trinajstić information content (AvgIpc) is 2.48. The van der Waals surface area contributed by atoms with Gasteiger partial charge >= 0.3 is 11.7 Å². The van der Waals surface area contributed by atoms with E-state index in [-0.39, 0.29) is 11.4 Å². The molecule has 0 saturated heterocycles. The Morgan fingerprint density at radius 2 is 1.86 bits per heavy atom. The van der Waals surface area contributed by atoms with Gasteiger partial charge in [-0.25, -0.2) is 4.79 Å². The molecule has 0 bridgehead atoms. The number of esters is 1. The highest BCUT2D eigenvalue weighted by Crippen LogP contribution is 2.26. The van der Waals surface area contributed by atoms with E-state index in [1.807, 2.05) is 26.0 Å². The standard InChI is InChI=1S/C16H15NO5/c1-11-7-8-14(12(2)9-11)22-16(18)10-21-15-6-4-3-5-13(15)17(19)20/h3-9H,10H2,1-2H3. The van der Waals surface area contributed by atoms with Crippen molar-refractivity contribution in [3.05, 3.63) is 63.7 Å². The first kappa shape index (κ1) is 15.5. The van der Waals surface area contributed by atoms with Crippen LogP contribution in [0, 0.1) is 24.0 Å². The second-order valence-electron chi connectivity index (χ2n) is 4.76. The van der Waals surface area contributed by atoms with Gasteiger partial charge in [-0.15, -0.1) is 0 Å². The van der Waals surface area contributed by atoms with E-state index >= 15 is 0 Å². The van der Waals surface area contributed by atoms with Crippen LogP contribution in [0.1, 0.15) is 11.1 Å². The maximum Gasteiger partial charge on any atom is 0.349 e. The van der Waals surface area contributed by atoms with Gasteiger partial charge in [-0.2, -0.15) is 0 Å². The largest absolute Gasteiger partial charge is 0.475 e. The van der Waals surface area contributed by atoms with Gasteiger partial charge in [-0.3, -0.25) is 10.1 Å². The Kier molecular flexibility index (Phi) is 4.73. The lowest BCUT2D eigenvalue weighted by Crippen LogP contribution is -2.18. The maximum atomic E-state index is 11.8. The number of nitro groups is 1. The Labute approximate surface area is 127 Å². The second kappa shape index (κ2) is 6.71. The van der Waals surface area contributed by atoms with Crippen LogP contribution in [0.3, 0.4) is 0 Å². The van der Waals surface area contributed by atoms with Gasteiger partial charge in [0.1, 0.15) is 5.75 Å². The smallest absolute Gasteiger partial charge is 0.349 e. The zero-order chi connectivity index (χ0) is 16.1. The lowest BCUT2D eigenvalue weighted by atomic mass is 10.1. The number of nitro benzene ring substituents is 1. The molecule has 0 heterocycles. The molecule has 114 valence electrons. The van der Waals surface area contributed by atoms with E-state index in [0.717, 1.165) is 11.1 Å². The highest BCUT2D eigenvalue weighted by Gasteiger charge is 2.16. The van der Waals surface area contributed by atoms with Crippen LogP contribution in [0.15, 0.2) is 42.5 Å².